The van der Waals surface area contributed by atoms with E-state index in [9.17, 15) is 4.79 Å². The van der Waals surface area contributed by atoms with Gasteiger partial charge in [0.25, 0.3) is 0 Å². The standard InChI is InChI=1S/C12H15N5OS/c1-8(11-15-9(2)7-19-11)6-13-12(18)16-10-4-3-5-14-17-10/h3-5,7-8H,6H2,1-2H3,(H2,13,16,17,18)/t8-/m1/s1. The molecule has 0 saturated heterocycles. The minimum Gasteiger partial charge on any atom is -0.337 e. The SMILES string of the molecule is Cc1csc([C@H](C)CNC(=O)Nc2cccnn2)n1. The molecule has 0 spiro atoms. The van der Waals surface area contributed by atoms with Crippen molar-refractivity contribution in [3.8, 4) is 0 Å². The number of aromatic nitrogens is 3. The third kappa shape index (κ3) is 3.99. The van der Waals surface area contributed by atoms with E-state index in [0.717, 1.165) is 10.7 Å². The first-order valence-corrected chi connectivity index (χ1v) is 6.77. The monoisotopic (exact) mass is 277 g/mol. The largest absolute Gasteiger partial charge is 0.337 e. The van der Waals surface area contributed by atoms with Crippen LogP contribution in [0.1, 0.15) is 23.5 Å². The maximum Gasteiger partial charge on any atom is 0.320 e. The number of hydrogen-bond acceptors (Lipinski definition) is 5. The van der Waals surface area contributed by atoms with E-state index in [1.54, 1.807) is 29.7 Å². The molecule has 100 valence electrons. The Hall–Kier alpha value is -2.02. The second kappa shape index (κ2) is 6.24. The quantitative estimate of drug-likeness (QED) is 0.897. The molecule has 0 aliphatic heterocycles. The predicted molar refractivity (Wildman–Crippen MR) is 74.3 cm³/mol. The van der Waals surface area contributed by atoms with Gasteiger partial charge in [0.2, 0.25) is 0 Å². The number of nitrogens with zero attached hydrogens (tertiary/aromatic N) is 3. The van der Waals surface area contributed by atoms with Crippen molar-refractivity contribution in [3.05, 3.63) is 34.4 Å². The minimum atomic E-state index is -0.291. The van der Waals surface area contributed by atoms with Crippen molar-refractivity contribution in [1.82, 2.24) is 20.5 Å². The van der Waals surface area contributed by atoms with Crippen molar-refractivity contribution in [3.63, 3.8) is 0 Å². The molecule has 0 radical (unpaired) electrons. The fourth-order valence-corrected chi connectivity index (χ4v) is 2.32. The normalized spacial score (nSPS) is 11.9. The van der Waals surface area contributed by atoms with E-state index < -0.39 is 0 Å². The predicted octanol–water partition coefficient (Wildman–Crippen LogP) is 2.17. The Kier molecular flexibility index (Phi) is 4.40. The first-order chi connectivity index (χ1) is 9.15. The first-order valence-electron chi connectivity index (χ1n) is 5.89. The molecule has 0 saturated carbocycles. The topological polar surface area (TPSA) is 79.8 Å². The molecule has 2 aromatic heterocycles. The Morgan fingerprint density at radius 1 is 1.53 bits per heavy atom. The van der Waals surface area contributed by atoms with Gasteiger partial charge in [-0.2, -0.15) is 5.10 Å². The number of anilines is 1. The average Bonchev–Trinajstić information content (AvgIpc) is 2.84. The molecule has 0 unspecified atom stereocenters. The van der Waals surface area contributed by atoms with Crippen LogP contribution in [0, 0.1) is 6.92 Å². The van der Waals surface area contributed by atoms with Crippen LogP contribution in [0.4, 0.5) is 10.6 Å². The fraction of sp³-hybridized carbons (Fsp3) is 0.333. The first kappa shape index (κ1) is 13.4. The molecule has 2 N–H and O–H groups in total. The van der Waals surface area contributed by atoms with Crippen LogP contribution in [0.25, 0.3) is 0 Å². The van der Waals surface area contributed by atoms with Gasteiger partial charge in [-0.3, -0.25) is 5.32 Å². The number of carbonyl (C=O) groups is 1. The van der Waals surface area contributed by atoms with Crippen LogP contribution in [0.2, 0.25) is 0 Å². The molecule has 2 aromatic rings. The lowest BCUT2D eigenvalue weighted by molar-refractivity contribution is 0.251. The van der Waals surface area contributed by atoms with Crippen LogP contribution >= 0.6 is 11.3 Å². The maximum absolute atomic E-state index is 11.6. The number of aryl methyl sites for hydroxylation is 1. The van der Waals surface area contributed by atoms with Crippen LogP contribution in [-0.4, -0.2) is 27.8 Å². The van der Waals surface area contributed by atoms with E-state index in [-0.39, 0.29) is 11.9 Å². The lowest BCUT2D eigenvalue weighted by Gasteiger charge is -2.10. The highest BCUT2D eigenvalue weighted by atomic mass is 32.1. The molecule has 2 rings (SSSR count). The van der Waals surface area contributed by atoms with Gasteiger partial charge in [-0.1, -0.05) is 6.92 Å². The molecule has 19 heavy (non-hydrogen) atoms. The highest BCUT2D eigenvalue weighted by Gasteiger charge is 2.11. The summed E-state index contributed by atoms with van der Waals surface area (Å²) in [7, 11) is 0. The average molecular weight is 277 g/mol. The second-order valence-corrected chi connectivity index (χ2v) is 5.06. The Morgan fingerprint density at radius 3 is 3.00 bits per heavy atom. The summed E-state index contributed by atoms with van der Waals surface area (Å²) in [4.78, 5) is 16.0. The summed E-state index contributed by atoms with van der Waals surface area (Å²) in [5.74, 6) is 0.615. The molecule has 0 aromatic carbocycles. The molecule has 0 bridgehead atoms. The van der Waals surface area contributed by atoms with Crippen molar-refractivity contribution in [1.29, 1.82) is 0 Å². The number of thiazole rings is 1. The zero-order valence-electron chi connectivity index (χ0n) is 10.8. The van der Waals surface area contributed by atoms with Crippen molar-refractivity contribution in [2.75, 3.05) is 11.9 Å². The molecule has 0 aliphatic rings. The Morgan fingerprint density at radius 2 is 2.37 bits per heavy atom. The third-order valence-corrected chi connectivity index (χ3v) is 3.64. The molecule has 0 aliphatic carbocycles. The Bertz CT molecular complexity index is 542. The molecule has 1 atom stereocenters. The zero-order valence-corrected chi connectivity index (χ0v) is 11.6. The molecule has 6 nitrogen and oxygen atoms in total. The molecule has 7 heteroatoms. The number of urea groups is 1. The van der Waals surface area contributed by atoms with Gasteiger partial charge in [0.1, 0.15) is 0 Å². The third-order valence-electron chi connectivity index (χ3n) is 2.44. The van der Waals surface area contributed by atoms with Gasteiger partial charge in [0, 0.05) is 29.7 Å². The van der Waals surface area contributed by atoms with E-state index >= 15 is 0 Å². The summed E-state index contributed by atoms with van der Waals surface area (Å²) < 4.78 is 0. The Balaban J connectivity index is 1.80. The smallest absolute Gasteiger partial charge is 0.320 e. The highest BCUT2D eigenvalue weighted by molar-refractivity contribution is 7.09. The molecular formula is C12H15N5OS. The van der Waals surface area contributed by atoms with Gasteiger partial charge in [-0.15, -0.1) is 16.4 Å². The summed E-state index contributed by atoms with van der Waals surface area (Å²) in [5.41, 5.74) is 1.01. The lowest BCUT2D eigenvalue weighted by atomic mass is 10.2. The summed E-state index contributed by atoms with van der Waals surface area (Å²) >= 11 is 1.61. The van der Waals surface area contributed by atoms with Gasteiger partial charge in [-0.05, 0) is 19.1 Å². The minimum absolute atomic E-state index is 0.186. The zero-order chi connectivity index (χ0) is 13.7. The van der Waals surface area contributed by atoms with Gasteiger partial charge in [-0.25, -0.2) is 9.78 Å². The Labute approximate surface area is 115 Å². The number of rotatable bonds is 4. The summed E-state index contributed by atoms with van der Waals surface area (Å²) in [6.45, 7) is 4.51. The fourth-order valence-electron chi connectivity index (χ4n) is 1.46. The molecule has 0 fully saturated rings. The van der Waals surface area contributed by atoms with E-state index in [0.29, 0.717) is 12.4 Å². The van der Waals surface area contributed by atoms with Crippen molar-refractivity contribution >= 4 is 23.2 Å². The van der Waals surface area contributed by atoms with Crippen molar-refractivity contribution in [2.45, 2.75) is 19.8 Å². The van der Waals surface area contributed by atoms with Gasteiger partial charge in [0.05, 0.1) is 5.01 Å². The molecule has 2 amide bonds. The van der Waals surface area contributed by atoms with Gasteiger partial charge >= 0.3 is 6.03 Å². The van der Waals surface area contributed by atoms with Gasteiger partial charge < -0.3 is 5.32 Å². The number of amides is 2. The number of nitrogens with one attached hydrogen (secondary N) is 2. The lowest BCUT2D eigenvalue weighted by Crippen LogP contribution is -2.32. The van der Waals surface area contributed by atoms with Crippen molar-refractivity contribution < 1.29 is 4.79 Å². The van der Waals surface area contributed by atoms with Crippen LogP contribution in [-0.2, 0) is 0 Å². The number of carbonyl (C=O) groups excluding carboxylic acids is 1. The molecule has 2 heterocycles. The summed E-state index contributed by atoms with van der Waals surface area (Å²) in [6, 6.07) is 3.10. The van der Waals surface area contributed by atoms with E-state index in [1.807, 2.05) is 19.2 Å². The van der Waals surface area contributed by atoms with Crippen LogP contribution in [0.3, 0.4) is 0 Å². The van der Waals surface area contributed by atoms with Crippen LogP contribution in [0.15, 0.2) is 23.7 Å². The van der Waals surface area contributed by atoms with Crippen LogP contribution in [0.5, 0.6) is 0 Å². The highest BCUT2D eigenvalue weighted by Crippen LogP contribution is 2.18. The van der Waals surface area contributed by atoms with E-state index in [1.165, 1.54) is 0 Å². The van der Waals surface area contributed by atoms with E-state index in [4.69, 9.17) is 0 Å². The van der Waals surface area contributed by atoms with Gasteiger partial charge in [0.15, 0.2) is 5.82 Å². The molecular weight excluding hydrogens is 262 g/mol. The van der Waals surface area contributed by atoms with E-state index in [2.05, 4.69) is 25.8 Å². The van der Waals surface area contributed by atoms with Crippen molar-refractivity contribution in [2.24, 2.45) is 0 Å². The maximum atomic E-state index is 11.6. The summed E-state index contributed by atoms with van der Waals surface area (Å²) in [5, 5.41) is 15.9. The van der Waals surface area contributed by atoms with Crippen LogP contribution < -0.4 is 10.6 Å². The number of hydrogen-bond donors (Lipinski definition) is 2. The second-order valence-electron chi connectivity index (χ2n) is 4.17. The summed E-state index contributed by atoms with van der Waals surface area (Å²) in [6.07, 6.45) is 1.55.